The molecule has 1 heterocycles. The zero-order valence-corrected chi connectivity index (χ0v) is 14.8. The Morgan fingerprint density at radius 3 is 2.46 bits per heavy atom. The molecule has 2 aromatic rings. The van der Waals surface area contributed by atoms with E-state index in [4.69, 9.17) is 0 Å². The smallest absolute Gasteiger partial charge is 0.234 e. The lowest BCUT2D eigenvalue weighted by Gasteiger charge is -2.24. The number of carbonyl (C=O) groups is 1. The van der Waals surface area contributed by atoms with Crippen molar-refractivity contribution in [3.63, 3.8) is 0 Å². The van der Waals surface area contributed by atoms with Gasteiger partial charge in [-0.3, -0.25) is 4.79 Å². The van der Waals surface area contributed by atoms with Crippen LogP contribution in [0.15, 0.2) is 47.4 Å². The third kappa shape index (κ3) is 3.92. The minimum atomic E-state index is -0.623. The Bertz CT molecular complexity index is 716. The maximum absolute atomic E-state index is 13.4. The van der Waals surface area contributed by atoms with Gasteiger partial charge >= 0.3 is 0 Å². The second-order valence-corrected chi connectivity index (χ2v) is 7.87. The van der Waals surface area contributed by atoms with Crippen LogP contribution in [0.5, 0.6) is 0 Å². The van der Waals surface area contributed by atoms with Gasteiger partial charge in [-0.15, -0.1) is 23.5 Å². The van der Waals surface area contributed by atoms with Crippen molar-refractivity contribution in [3.8, 4) is 0 Å². The Morgan fingerprint density at radius 1 is 1.17 bits per heavy atom. The van der Waals surface area contributed by atoms with Crippen molar-refractivity contribution in [3.05, 3.63) is 65.2 Å². The summed E-state index contributed by atoms with van der Waals surface area (Å²) in [6.07, 6.45) is 0. The van der Waals surface area contributed by atoms with E-state index in [9.17, 15) is 13.6 Å². The molecule has 0 N–H and O–H groups in total. The summed E-state index contributed by atoms with van der Waals surface area (Å²) in [4.78, 5) is 15.1. The normalized spacial score (nSPS) is 17.5. The second kappa shape index (κ2) is 7.57. The maximum atomic E-state index is 13.4. The molecule has 1 fully saturated rings. The zero-order chi connectivity index (χ0) is 17.1. The number of hydrogen-bond acceptors (Lipinski definition) is 3. The van der Waals surface area contributed by atoms with Crippen LogP contribution >= 0.6 is 23.5 Å². The number of halogens is 2. The lowest BCUT2D eigenvalue weighted by molar-refractivity contribution is -0.128. The van der Waals surface area contributed by atoms with E-state index < -0.39 is 11.6 Å². The summed E-state index contributed by atoms with van der Waals surface area (Å²) >= 11 is 3.30. The van der Waals surface area contributed by atoms with Crippen LogP contribution in [0, 0.1) is 11.6 Å². The van der Waals surface area contributed by atoms with E-state index in [1.54, 1.807) is 28.4 Å². The maximum Gasteiger partial charge on any atom is 0.234 e. The molecule has 24 heavy (non-hydrogen) atoms. The minimum absolute atomic E-state index is 0.0123. The van der Waals surface area contributed by atoms with E-state index >= 15 is 0 Å². The van der Waals surface area contributed by atoms with Crippen molar-refractivity contribution in [2.24, 2.45) is 0 Å². The van der Waals surface area contributed by atoms with Crippen LogP contribution in [0.4, 0.5) is 8.78 Å². The molecule has 1 aliphatic rings. The molecular formula is C18H17F2NOS2. The van der Waals surface area contributed by atoms with Gasteiger partial charge in [0.1, 0.15) is 17.0 Å². The number of benzene rings is 2. The van der Waals surface area contributed by atoms with Crippen LogP contribution in [0.3, 0.4) is 0 Å². The van der Waals surface area contributed by atoms with E-state index in [1.807, 2.05) is 24.3 Å². The summed E-state index contributed by atoms with van der Waals surface area (Å²) in [7, 11) is 0. The van der Waals surface area contributed by atoms with E-state index in [1.165, 1.54) is 17.0 Å². The topological polar surface area (TPSA) is 20.3 Å². The standard InChI is InChI=1S/C18H17F2NOS2/c1-2-23-16-5-3-13(4-6-16)18-21(17(22)11-24-18)10-12-7-14(19)9-15(20)8-12/h3-9,18H,2,10-11H2,1H3. The average Bonchev–Trinajstić information content (AvgIpc) is 2.89. The molecule has 0 spiro atoms. The number of amides is 1. The number of hydrogen-bond donors (Lipinski definition) is 0. The fourth-order valence-electron chi connectivity index (χ4n) is 2.70. The fraction of sp³-hybridized carbons (Fsp3) is 0.278. The molecule has 0 radical (unpaired) electrons. The Hall–Kier alpha value is -1.53. The fourth-order valence-corrected chi connectivity index (χ4v) is 4.55. The van der Waals surface area contributed by atoms with Gasteiger partial charge in [0.2, 0.25) is 5.91 Å². The number of carbonyl (C=O) groups excluding carboxylic acids is 1. The van der Waals surface area contributed by atoms with E-state index in [0.29, 0.717) is 11.3 Å². The largest absolute Gasteiger partial charge is 0.322 e. The first-order valence-electron chi connectivity index (χ1n) is 7.65. The van der Waals surface area contributed by atoms with Crippen molar-refractivity contribution in [2.75, 3.05) is 11.5 Å². The van der Waals surface area contributed by atoms with Crippen molar-refractivity contribution in [1.82, 2.24) is 4.90 Å². The molecule has 126 valence electrons. The molecule has 1 saturated heterocycles. The van der Waals surface area contributed by atoms with Gasteiger partial charge < -0.3 is 4.90 Å². The third-order valence-electron chi connectivity index (χ3n) is 3.72. The second-order valence-electron chi connectivity index (χ2n) is 5.46. The first-order chi connectivity index (χ1) is 11.6. The Morgan fingerprint density at radius 2 is 1.83 bits per heavy atom. The average molecular weight is 365 g/mol. The summed E-state index contributed by atoms with van der Waals surface area (Å²) in [5, 5.41) is -0.121. The van der Waals surface area contributed by atoms with Gasteiger partial charge in [0, 0.05) is 17.5 Å². The van der Waals surface area contributed by atoms with Crippen molar-refractivity contribution >= 4 is 29.4 Å². The van der Waals surface area contributed by atoms with E-state index in [2.05, 4.69) is 6.92 Å². The highest BCUT2D eigenvalue weighted by Gasteiger charge is 2.32. The van der Waals surface area contributed by atoms with E-state index in [-0.39, 0.29) is 17.8 Å². The monoisotopic (exact) mass is 365 g/mol. The number of nitrogens with zero attached hydrogens (tertiary/aromatic N) is 1. The highest BCUT2D eigenvalue weighted by Crippen LogP contribution is 2.40. The molecular weight excluding hydrogens is 348 g/mol. The molecule has 1 unspecified atom stereocenters. The van der Waals surface area contributed by atoms with Crippen LogP contribution in [-0.4, -0.2) is 22.3 Å². The predicted molar refractivity (Wildman–Crippen MR) is 94.9 cm³/mol. The number of rotatable bonds is 5. The highest BCUT2D eigenvalue weighted by molar-refractivity contribution is 8.00. The van der Waals surface area contributed by atoms with Crippen molar-refractivity contribution in [1.29, 1.82) is 0 Å². The molecule has 1 aliphatic heterocycles. The lowest BCUT2D eigenvalue weighted by Crippen LogP contribution is -2.27. The van der Waals surface area contributed by atoms with Crippen LogP contribution < -0.4 is 0 Å². The minimum Gasteiger partial charge on any atom is -0.322 e. The van der Waals surface area contributed by atoms with Crippen LogP contribution in [0.25, 0.3) is 0 Å². The molecule has 0 aliphatic carbocycles. The third-order valence-corrected chi connectivity index (χ3v) is 5.87. The Labute approximate surface area is 148 Å². The summed E-state index contributed by atoms with van der Waals surface area (Å²) < 4.78 is 26.8. The number of thioether (sulfide) groups is 2. The molecule has 0 aromatic heterocycles. The van der Waals surface area contributed by atoms with Crippen molar-refractivity contribution < 1.29 is 13.6 Å². The first-order valence-corrected chi connectivity index (χ1v) is 9.69. The SMILES string of the molecule is CCSc1ccc(C2SCC(=O)N2Cc2cc(F)cc(F)c2)cc1. The van der Waals surface area contributed by atoms with E-state index in [0.717, 1.165) is 17.4 Å². The summed E-state index contributed by atoms with van der Waals surface area (Å²) in [6.45, 7) is 2.31. The van der Waals surface area contributed by atoms with Crippen LogP contribution in [0.2, 0.25) is 0 Å². The highest BCUT2D eigenvalue weighted by atomic mass is 32.2. The quantitative estimate of drug-likeness (QED) is 0.707. The molecule has 0 saturated carbocycles. The molecule has 3 rings (SSSR count). The van der Waals surface area contributed by atoms with Crippen molar-refractivity contribution in [2.45, 2.75) is 23.7 Å². The Kier molecular flexibility index (Phi) is 5.46. The summed E-state index contributed by atoms with van der Waals surface area (Å²) in [5.74, 6) is 0.131. The van der Waals surface area contributed by atoms with Gasteiger partial charge in [0.05, 0.1) is 5.75 Å². The molecule has 1 atom stereocenters. The molecule has 0 bridgehead atoms. The molecule has 2 aromatic carbocycles. The first kappa shape index (κ1) is 17.3. The lowest BCUT2D eigenvalue weighted by atomic mass is 10.1. The van der Waals surface area contributed by atoms with Gasteiger partial charge in [-0.1, -0.05) is 19.1 Å². The predicted octanol–water partition coefficient (Wildman–Crippen LogP) is 4.85. The molecule has 2 nitrogen and oxygen atoms in total. The molecule has 6 heteroatoms. The zero-order valence-electron chi connectivity index (χ0n) is 13.2. The van der Waals surface area contributed by atoms with Gasteiger partial charge in [-0.25, -0.2) is 8.78 Å². The van der Waals surface area contributed by atoms with Gasteiger partial charge in [0.15, 0.2) is 0 Å². The van der Waals surface area contributed by atoms with Gasteiger partial charge in [-0.2, -0.15) is 0 Å². The van der Waals surface area contributed by atoms with Gasteiger partial charge in [-0.05, 0) is 41.1 Å². The summed E-state index contributed by atoms with van der Waals surface area (Å²) in [5.41, 5.74) is 1.50. The molecule has 1 amide bonds. The van der Waals surface area contributed by atoms with Crippen LogP contribution in [-0.2, 0) is 11.3 Å². The summed E-state index contributed by atoms with van der Waals surface area (Å²) in [6, 6.07) is 11.5. The van der Waals surface area contributed by atoms with Gasteiger partial charge in [0.25, 0.3) is 0 Å². The Balaban J connectivity index is 1.81. The van der Waals surface area contributed by atoms with Crippen LogP contribution in [0.1, 0.15) is 23.4 Å².